The molecule has 1 aliphatic rings. The van der Waals surface area contributed by atoms with E-state index in [2.05, 4.69) is 5.32 Å². The van der Waals surface area contributed by atoms with E-state index >= 15 is 0 Å². The quantitative estimate of drug-likeness (QED) is 0.171. The Kier molecular flexibility index (Phi) is 16.2. The molecule has 57 heavy (non-hydrogen) atoms. The van der Waals surface area contributed by atoms with E-state index in [1.54, 1.807) is 36.4 Å². The predicted octanol–water partition coefficient (Wildman–Crippen LogP) is 3.85. The van der Waals surface area contributed by atoms with Crippen LogP contribution in [0.5, 0.6) is 0 Å². The van der Waals surface area contributed by atoms with Gasteiger partial charge >= 0.3 is 29.8 Å². The number of unbranched alkanes of at least 4 members (excludes halogenated alkanes) is 1. The van der Waals surface area contributed by atoms with Crippen molar-refractivity contribution in [2.45, 2.75) is 115 Å². The van der Waals surface area contributed by atoms with E-state index in [1.165, 1.54) is 6.07 Å². The maximum absolute atomic E-state index is 14.2. The molecule has 0 saturated heterocycles. The fraction of sp³-hybridized carbons (Fsp3) is 0.550. The number of anilines is 2. The summed E-state index contributed by atoms with van der Waals surface area (Å²) in [5.41, 5.74) is 0.622. The average Bonchev–Trinajstić information content (AvgIpc) is 3.18. The van der Waals surface area contributed by atoms with Crippen molar-refractivity contribution in [3.8, 4) is 0 Å². The van der Waals surface area contributed by atoms with Crippen LogP contribution in [0.15, 0.2) is 47.4 Å². The summed E-state index contributed by atoms with van der Waals surface area (Å²) in [6, 6.07) is 11.3. The van der Waals surface area contributed by atoms with Crippen LogP contribution in [0.3, 0.4) is 0 Å². The number of rotatable bonds is 17. The number of sulfone groups is 1. The number of nitrogens with one attached hydrogen (secondary N) is 1. The van der Waals surface area contributed by atoms with E-state index in [9.17, 15) is 42.3 Å². The number of benzene rings is 2. The number of hydrogen-bond acceptors (Lipinski definition) is 15. The largest absolute Gasteiger partial charge is 0.462 e. The number of carbonyl (C=O) groups is 6. The summed E-state index contributed by atoms with van der Waals surface area (Å²) in [6.45, 7) is 8.18. The Balaban J connectivity index is 2.22. The molecule has 0 saturated carbocycles. The van der Waals surface area contributed by atoms with Crippen LogP contribution in [0.2, 0.25) is 0 Å². The summed E-state index contributed by atoms with van der Waals surface area (Å²) in [5.74, 6) is -6.94. The van der Waals surface area contributed by atoms with Crippen molar-refractivity contribution in [1.29, 1.82) is 0 Å². The first kappa shape index (κ1) is 46.4. The number of amides is 1. The lowest BCUT2D eigenvalue weighted by atomic mass is 9.69. The van der Waals surface area contributed by atoms with Crippen LogP contribution in [0.4, 0.5) is 11.4 Å². The molecule has 3 rings (SSSR count). The Morgan fingerprint density at radius 1 is 0.842 bits per heavy atom. The normalized spacial score (nSPS) is 20.5. The second kappa shape index (κ2) is 19.9. The number of nitrogens with zero attached hydrogens (tertiary/aromatic N) is 1. The lowest BCUT2D eigenvalue weighted by Crippen LogP contribution is -2.56. The summed E-state index contributed by atoms with van der Waals surface area (Å²) >= 11 is 0. The van der Waals surface area contributed by atoms with Gasteiger partial charge in [-0.25, -0.2) is 8.42 Å². The van der Waals surface area contributed by atoms with E-state index in [0.717, 1.165) is 41.0 Å². The van der Waals surface area contributed by atoms with Gasteiger partial charge in [-0.05, 0) is 54.3 Å². The maximum atomic E-state index is 14.2. The molecule has 1 amide bonds. The minimum atomic E-state index is -3.89. The van der Waals surface area contributed by atoms with E-state index < -0.39 is 94.1 Å². The van der Waals surface area contributed by atoms with Crippen molar-refractivity contribution in [3.63, 3.8) is 0 Å². The van der Waals surface area contributed by atoms with Crippen LogP contribution in [0, 0.1) is 5.41 Å². The highest BCUT2D eigenvalue weighted by molar-refractivity contribution is 7.91. The van der Waals surface area contributed by atoms with E-state index in [1.807, 2.05) is 32.8 Å². The number of carbonyl (C=O) groups excluding carboxylic acids is 6. The molecule has 0 aliphatic carbocycles. The molecule has 7 atom stereocenters. The molecule has 2 N–H and O–H groups in total. The molecule has 1 aliphatic heterocycles. The fourth-order valence-electron chi connectivity index (χ4n) is 7.12. The highest BCUT2D eigenvalue weighted by Crippen LogP contribution is 2.49. The highest BCUT2D eigenvalue weighted by Gasteiger charge is 2.50. The van der Waals surface area contributed by atoms with Gasteiger partial charge in [-0.15, -0.1) is 0 Å². The van der Waals surface area contributed by atoms with Crippen molar-refractivity contribution in [3.05, 3.63) is 53.6 Å². The fourth-order valence-corrected chi connectivity index (χ4v) is 9.38. The van der Waals surface area contributed by atoms with E-state index in [0.29, 0.717) is 36.1 Å². The van der Waals surface area contributed by atoms with Crippen LogP contribution in [0.1, 0.15) is 91.2 Å². The smallest absolute Gasteiger partial charge is 0.303 e. The van der Waals surface area contributed by atoms with Crippen molar-refractivity contribution in [2.75, 3.05) is 36.7 Å². The molecule has 0 bridgehead atoms. The molecule has 2 aromatic rings. The number of hydrogen-bond donors (Lipinski definition) is 2. The molecule has 2 aromatic carbocycles. The average molecular weight is 819 g/mol. The number of ether oxygens (including phenoxy) is 5. The first-order chi connectivity index (χ1) is 26.7. The van der Waals surface area contributed by atoms with Crippen LogP contribution in [-0.4, -0.2) is 106 Å². The molecule has 0 radical (unpaired) electrons. The zero-order valence-electron chi connectivity index (χ0n) is 33.9. The van der Waals surface area contributed by atoms with Crippen molar-refractivity contribution in [1.82, 2.24) is 0 Å². The molecule has 0 fully saturated rings. The number of aliphatic hydroxyl groups is 1. The van der Waals surface area contributed by atoms with Gasteiger partial charge in [0.25, 0.3) is 5.91 Å². The molecular weight excluding hydrogens is 765 g/mol. The number of esters is 5. The molecule has 0 aromatic heterocycles. The van der Waals surface area contributed by atoms with Gasteiger partial charge in [0.2, 0.25) is 6.10 Å². The third-order valence-electron chi connectivity index (χ3n) is 9.76. The molecule has 0 unspecified atom stereocenters. The Bertz CT molecular complexity index is 1910. The molecule has 16 nitrogen and oxygen atoms in total. The summed E-state index contributed by atoms with van der Waals surface area (Å²) < 4.78 is 54.7. The Morgan fingerprint density at radius 3 is 2.00 bits per heavy atom. The van der Waals surface area contributed by atoms with E-state index in [-0.39, 0.29) is 16.3 Å². The van der Waals surface area contributed by atoms with Crippen molar-refractivity contribution >= 4 is 57.0 Å². The van der Waals surface area contributed by atoms with Gasteiger partial charge in [-0.1, -0.05) is 38.8 Å². The maximum Gasteiger partial charge on any atom is 0.303 e. The van der Waals surface area contributed by atoms with Gasteiger partial charge < -0.3 is 39.0 Å². The van der Waals surface area contributed by atoms with E-state index in [4.69, 9.17) is 23.7 Å². The summed E-state index contributed by atoms with van der Waals surface area (Å²) in [6.07, 6.45) is -6.40. The third-order valence-corrected chi connectivity index (χ3v) is 11.8. The van der Waals surface area contributed by atoms with Gasteiger partial charge in [0.05, 0.1) is 16.8 Å². The summed E-state index contributed by atoms with van der Waals surface area (Å²) in [4.78, 5) is 77.2. The first-order valence-corrected chi connectivity index (χ1v) is 20.3. The molecule has 17 heteroatoms. The van der Waals surface area contributed by atoms with Crippen LogP contribution >= 0.6 is 0 Å². The van der Waals surface area contributed by atoms with Crippen LogP contribution in [0.25, 0.3) is 0 Å². The molecule has 314 valence electrons. The monoisotopic (exact) mass is 818 g/mol. The summed E-state index contributed by atoms with van der Waals surface area (Å²) in [5, 5.41) is 15.0. The zero-order valence-corrected chi connectivity index (χ0v) is 34.7. The van der Waals surface area contributed by atoms with Gasteiger partial charge in [0, 0.05) is 71.4 Å². The second-order valence-electron chi connectivity index (χ2n) is 14.4. The topological polar surface area (TPSA) is 218 Å². The minimum absolute atomic E-state index is 0.0881. The highest BCUT2D eigenvalue weighted by atomic mass is 32.2. The van der Waals surface area contributed by atoms with Crippen LogP contribution < -0.4 is 10.2 Å². The lowest BCUT2D eigenvalue weighted by Gasteiger charge is -2.39. The van der Waals surface area contributed by atoms with Crippen LogP contribution in [-0.2, 0) is 62.3 Å². The second-order valence-corrected chi connectivity index (χ2v) is 16.3. The molecule has 1 heterocycles. The van der Waals surface area contributed by atoms with Gasteiger partial charge in [-0.3, -0.25) is 28.8 Å². The third kappa shape index (κ3) is 12.0. The van der Waals surface area contributed by atoms with Crippen molar-refractivity contribution < 1.29 is 66.0 Å². The summed E-state index contributed by atoms with van der Waals surface area (Å²) in [7, 11) is -0.268. The minimum Gasteiger partial charge on any atom is -0.462 e. The Labute approximate surface area is 333 Å². The SMILES string of the molecule is CCCC[C@@]1(CC)CS(=O)(=O)c2ccc(N(C)C)cc2[C@H](c2cccc(NC(=O)[C@H](OC(C)=O)[C@@H](OC(C)=O)[C@H](OC(C)=O)[C@@H](COC(C)=O)OC(C)=O)c2)[C@@H]1O. The van der Waals surface area contributed by atoms with Gasteiger partial charge in [0.1, 0.15) is 6.61 Å². The number of aliphatic hydroxyl groups excluding tert-OH is 1. The van der Waals surface area contributed by atoms with Gasteiger partial charge in [-0.2, -0.15) is 0 Å². The lowest BCUT2D eigenvalue weighted by molar-refractivity contribution is -0.202. The standard InChI is InChI=1S/C40H54N2O14S/c1-10-12-18-40(11-2)22-57(50,51)33-17-16-30(42(8)9)20-31(33)34(38(40)48)28-14-13-15-29(19-28)41-39(49)37(56-27(7)47)36(55-26(6)46)35(54-25(5)45)32(53-24(4)44)21-52-23(3)43/h13-17,19-20,32,34-38,48H,10-12,18,21-22H2,1-9H3,(H,41,49)/t32-,34+,35-,36+,37-,38+,40+/m1/s1. The Hall–Kier alpha value is -5.03. The Morgan fingerprint density at radius 2 is 1.46 bits per heavy atom. The molecular formula is C40H54N2O14S. The van der Waals surface area contributed by atoms with Gasteiger partial charge in [0.15, 0.2) is 28.1 Å². The first-order valence-electron chi connectivity index (χ1n) is 18.6. The molecule has 0 spiro atoms. The zero-order chi connectivity index (χ0) is 42.8. The predicted molar refractivity (Wildman–Crippen MR) is 207 cm³/mol. The number of fused-ring (bicyclic) bond motifs is 1. The van der Waals surface area contributed by atoms with Crippen molar-refractivity contribution in [2.24, 2.45) is 5.41 Å².